The van der Waals surface area contributed by atoms with Gasteiger partial charge in [0, 0.05) is 18.0 Å². The highest BCUT2D eigenvalue weighted by atomic mass is 19.4. The Labute approximate surface area is 115 Å². The van der Waals surface area contributed by atoms with Gasteiger partial charge in [0.2, 0.25) is 5.56 Å². The summed E-state index contributed by atoms with van der Waals surface area (Å²) in [5.41, 5.74) is -2.05. The number of pyridine rings is 1. The van der Waals surface area contributed by atoms with Gasteiger partial charge >= 0.3 is 6.18 Å². The summed E-state index contributed by atoms with van der Waals surface area (Å²) in [6.07, 6.45) is -3.74. The van der Waals surface area contributed by atoms with Crippen molar-refractivity contribution in [1.29, 1.82) is 0 Å². The van der Waals surface area contributed by atoms with E-state index in [2.05, 4.69) is 10.3 Å². The molecule has 2 aromatic rings. The van der Waals surface area contributed by atoms with Crippen LogP contribution in [-0.2, 0) is 6.18 Å². The molecule has 0 radical (unpaired) electrons. The van der Waals surface area contributed by atoms with Gasteiger partial charge in [-0.2, -0.15) is 13.2 Å². The average molecular weight is 300 g/mol. The Bertz CT molecular complexity index is 717. The van der Waals surface area contributed by atoms with Crippen molar-refractivity contribution in [2.75, 3.05) is 5.32 Å². The number of aromatic amines is 1. The monoisotopic (exact) mass is 300 g/mol. The summed E-state index contributed by atoms with van der Waals surface area (Å²) in [4.78, 5) is 24.9. The van der Waals surface area contributed by atoms with E-state index in [1.807, 2.05) is 0 Å². The standard InChI is InChI=1S/C13H8F4N2O2/c14-10-3-2-8(5-9(10)13(15,16)17)19-12(21)7-1-4-11(20)18-6-7/h1-6H,(H,18,20)(H,19,21). The van der Waals surface area contributed by atoms with Crippen LogP contribution in [0.3, 0.4) is 0 Å². The summed E-state index contributed by atoms with van der Waals surface area (Å²) in [5, 5.41) is 2.19. The number of anilines is 1. The van der Waals surface area contributed by atoms with E-state index in [4.69, 9.17) is 0 Å². The quantitative estimate of drug-likeness (QED) is 0.838. The highest BCUT2D eigenvalue weighted by Crippen LogP contribution is 2.33. The van der Waals surface area contributed by atoms with Crippen molar-refractivity contribution >= 4 is 11.6 Å². The van der Waals surface area contributed by atoms with Crippen molar-refractivity contribution in [2.45, 2.75) is 6.18 Å². The van der Waals surface area contributed by atoms with Crippen molar-refractivity contribution in [3.8, 4) is 0 Å². The first kappa shape index (κ1) is 14.8. The summed E-state index contributed by atoms with van der Waals surface area (Å²) in [7, 11) is 0. The minimum Gasteiger partial charge on any atom is -0.328 e. The lowest BCUT2D eigenvalue weighted by Gasteiger charge is -2.11. The van der Waals surface area contributed by atoms with Gasteiger partial charge in [-0.3, -0.25) is 9.59 Å². The Morgan fingerprint density at radius 3 is 2.43 bits per heavy atom. The number of carbonyl (C=O) groups excluding carboxylic acids is 1. The maximum atomic E-state index is 13.1. The van der Waals surface area contributed by atoms with Crippen LogP contribution in [0.1, 0.15) is 15.9 Å². The van der Waals surface area contributed by atoms with E-state index >= 15 is 0 Å². The highest BCUT2D eigenvalue weighted by Gasteiger charge is 2.34. The molecule has 0 fully saturated rings. The molecule has 0 aliphatic carbocycles. The van der Waals surface area contributed by atoms with Crippen LogP contribution in [0.4, 0.5) is 23.2 Å². The molecule has 1 heterocycles. The van der Waals surface area contributed by atoms with Gasteiger partial charge in [-0.15, -0.1) is 0 Å². The summed E-state index contributed by atoms with van der Waals surface area (Å²) in [6.45, 7) is 0. The number of alkyl halides is 3. The summed E-state index contributed by atoms with van der Waals surface area (Å²) in [5.74, 6) is -2.16. The first-order valence-electron chi connectivity index (χ1n) is 5.64. The molecule has 2 rings (SSSR count). The van der Waals surface area contributed by atoms with Crippen LogP contribution in [0.2, 0.25) is 0 Å². The zero-order valence-electron chi connectivity index (χ0n) is 10.3. The number of hydrogen-bond donors (Lipinski definition) is 2. The van der Waals surface area contributed by atoms with E-state index in [0.717, 1.165) is 18.3 Å². The van der Waals surface area contributed by atoms with Crippen molar-refractivity contribution in [2.24, 2.45) is 0 Å². The summed E-state index contributed by atoms with van der Waals surface area (Å²) >= 11 is 0. The fourth-order valence-corrected chi connectivity index (χ4v) is 1.58. The van der Waals surface area contributed by atoms with Crippen molar-refractivity contribution in [3.05, 3.63) is 63.8 Å². The largest absolute Gasteiger partial charge is 0.419 e. The Morgan fingerprint density at radius 2 is 1.86 bits per heavy atom. The normalized spacial score (nSPS) is 11.2. The van der Waals surface area contributed by atoms with E-state index < -0.39 is 29.0 Å². The predicted octanol–water partition coefficient (Wildman–Crippen LogP) is 2.79. The molecular formula is C13H8F4N2O2. The van der Waals surface area contributed by atoms with Gasteiger partial charge in [0.1, 0.15) is 5.82 Å². The Balaban J connectivity index is 2.26. The third-order valence-corrected chi connectivity index (χ3v) is 2.58. The zero-order valence-corrected chi connectivity index (χ0v) is 10.3. The Kier molecular flexibility index (Phi) is 3.79. The Morgan fingerprint density at radius 1 is 1.14 bits per heavy atom. The van der Waals surface area contributed by atoms with E-state index in [1.54, 1.807) is 0 Å². The zero-order chi connectivity index (χ0) is 15.6. The number of aromatic nitrogens is 1. The molecule has 2 N–H and O–H groups in total. The number of benzene rings is 1. The Hall–Kier alpha value is -2.64. The molecule has 21 heavy (non-hydrogen) atoms. The second kappa shape index (κ2) is 5.39. The van der Waals surface area contributed by atoms with Crippen LogP contribution in [-0.4, -0.2) is 10.9 Å². The van der Waals surface area contributed by atoms with Gasteiger partial charge in [0.05, 0.1) is 11.1 Å². The number of H-pyrrole nitrogens is 1. The number of nitrogens with one attached hydrogen (secondary N) is 2. The third-order valence-electron chi connectivity index (χ3n) is 2.58. The number of rotatable bonds is 2. The second-order valence-corrected chi connectivity index (χ2v) is 4.09. The SMILES string of the molecule is O=C(Nc1ccc(F)c(C(F)(F)F)c1)c1ccc(=O)[nH]c1. The number of hydrogen-bond acceptors (Lipinski definition) is 2. The molecule has 0 saturated carbocycles. The molecule has 0 bridgehead atoms. The topological polar surface area (TPSA) is 62.0 Å². The molecule has 0 aliphatic rings. The maximum Gasteiger partial charge on any atom is 0.419 e. The molecule has 1 aromatic heterocycles. The molecule has 0 atom stereocenters. The number of halogens is 4. The maximum absolute atomic E-state index is 13.1. The third kappa shape index (κ3) is 3.47. The van der Waals surface area contributed by atoms with Gasteiger partial charge in [0.25, 0.3) is 5.91 Å². The van der Waals surface area contributed by atoms with Crippen LogP contribution in [0.5, 0.6) is 0 Å². The van der Waals surface area contributed by atoms with Crippen LogP contribution < -0.4 is 10.9 Å². The fourth-order valence-electron chi connectivity index (χ4n) is 1.58. The first-order valence-corrected chi connectivity index (χ1v) is 5.64. The minimum absolute atomic E-state index is 0.0486. The van der Waals surface area contributed by atoms with E-state index in [1.165, 1.54) is 6.07 Å². The number of carbonyl (C=O) groups is 1. The van der Waals surface area contributed by atoms with Crippen molar-refractivity contribution < 1.29 is 22.4 Å². The van der Waals surface area contributed by atoms with Gasteiger partial charge in [-0.1, -0.05) is 0 Å². The molecule has 0 saturated heterocycles. The summed E-state index contributed by atoms with van der Waals surface area (Å²) in [6, 6.07) is 4.43. The lowest BCUT2D eigenvalue weighted by molar-refractivity contribution is -0.139. The molecule has 4 nitrogen and oxygen atoms in total. The van der Waals surface area contributed by atoms with Crippen molar-refractivity contribution in [1.82, 2.24) is 4.98 Å². The second-order valence-electron chi connectivity index (χ2n) is 4.09. The molecule has 1 amide bonds. The molecule has 110 valence electrons. The fraction of sp³-hybridized carbons (Fsp3) is 0.0769. The summed E-state index contributed by atoms with van der Waals surface area (Å²) < 4.78 is 50.7. The highest BCUT2D eigenvalue weighted by molar-refractivity contribution is 6.04. The van der Waals surface area contributed by atoms with Gasteiger partial charge < -0.3 is 10.3 Å². The minimum atomic E-state index is -4.86. The average Bonchev–Trinajstić information content (AvgIpc) is 2.40. The number of amides is 1. The lowest BCUT2D eigenvalue weighted by atomic mass is 10.1. The molecule has 8 heteroatoms. The predicted molar refractivity (Wildman–Crippen MR) is 66.4 cm³/mol. The molecule has 1 aromatic carbocycles. The van der Waals surface area contributed by atoms with Gasteiger partial charge in [0.15, 0.2) is 0 Å². The van der Waals surface area contributed by atoms with Crippen LogP contribution in [0.25, 0.3) is 0 Å². The van der Waals surface area contributed by atoms with Crippen LogP contribution >= 0.6 is 0 Å². The van der Waals surface area contributed by atoms with E-state index in [-0.39, 0.29) is 11.3 Å². The molecule has 0 aliphatic heterocycles. The van der Waals surface area contributed by atoms with E-state index in [9.17, 15) is 27.2 Å². The van der Waals surface area contributed by atoms with Crippen LogP contribution in [0.15, 0.2) is 41.3 Å². The van der Waals surface area contributed by atoms with Gasteiger partial charge in [-0.25, -0.2) is 4.39 Å². The van der Waals surface area contributed by atoms with Gasteiger partial charge in [-0.05, 0) is 24.3 Å². The molecule has 0 unspecified atom stereocenters. The smallest absolute Gasteiger partial charge is 0.328 e. The lowest BCUT2D eigenvalue weighted by Crippen LogP contribution is -2.15. The van der Waals surface area contributed by atoms with E-state index in [0.29, 0.717) is 12.1 Å². The molecule has 0 spiro atoms. The van der Waals surface area contributed by atoms with Crippen molar-refractivity contribution in [3.63, 3.8) is 0 Å². The first-order chi connectivity index (χ1) is 9.77. The van der Waals surface area contributed by atoms with Crippen LogP contribution in [0, 0.1) is 5.82 Å². The molecular weight excluding hydrogens is 292 g/mol.